The van der Waals surface area contributed by atoms with Crippen molar-refractivity contribution in [1.29, 1.82) is 0 Å². The van der Waals surface area contributed by atoms with Gasteiger partial charge in [0.2, 0.25) is 0 Å². The number of anilines is 1. The molecular formula is C13H12BrNO4S2. The van der Waals surface area contributed by atoms with Crippen LogP contribution in [-0.4, -0.2) is 19.5 Å². The molecule has 0 saturated heterocycles. The minimum atomic E-state index is -3.78. The summed E-state index contributed by atoms with van der Waals surface area (Å²) in [6, 6.07) is 6.41. The lowest BCUT2D eigenvalue weighted by molar-refractivity contribution is 0.0697. The number of nitrogens with one attached hydrogen (secondary N) is 1. The summed E-state index contributed by atoms with van der Waals surface area (Å²) < 4.78 is 27.9. The molecule has 8 heteroatoms. The van der Waals surface area contributed by atoms with Crippen molar-refractivity contribution in [2.75, 3.05) is 4.72 Å². The van der Waals surface area contributed by atoms with Crippen LogP contribution in [0.25, 0.3) is 0 Å². The Hall–Kier alpha value is -1.38. The maximum Gasteiger partial charge on any atom is 0.336 e. The molecule has 0 unspecified atom stereocenters. The summed E-state index contributed by atoms with van der Waals surface area (Å²) in [4.78, 5) is 10.8. The van der Waals surface area contributed by atoms with Gasteiger partial charge in [-0.1, -0.05) is 22.9 Å². The number of aromatic carboxylic acids is 1. The molecule has 2 rings (SSSR count). The first-order valence-electron chi connectivity index (χ1n) is 5.96. The third-order valence-electron chi connectivity index (χ3n) is 2.78. The molecule has 2 aromatic rings. The molecule has 0 bridgehead atoms. The predicted octanol–water partition coefficient (Wildman–Crippen LogP) is 3.57. The molecule has 0 fully saturated rings. The maximum atomic E-state index is 12.3. The van der Waals surface area contributed by atoms with Crippen LogP contribution in [-0.2, 0) is 16.4 Å². The average molecular weight is 390 g/mol. The van der Waals surface area contributed by atoms with Crippen LogP contribution in [0.5, 0.6) is 0 Å². The monoisotopic (exact) mass is 389 g/mol. The smallest absolute Gasteiger partial charge is 0.336 e. The Kier molecular flexibility index (Phi) is 4.70. The highest BCUT2D eigenvalue weighted by molar-refractivity contribution is 9.10. The maximum absolute atomic E-state index is 12.3. The summed E-state index contributed by atoms with van der Waals surface area (Å²) in [7, 11) is -3.78. The number of benzene rings is 1. The van der Waals surface area contributed by atoms with Gasteiger partial charge in [0.15, 0.2) is 0 Å². The van der Waals surface area contributed by atoms with Gasteiger partial charge in [-0.15, -0.1) is 11.3 Å². The summed E-state index contributed by atoms with van der Waals surface area (Å²) in [6.07, 6.45) is 0.669. The van der Waals surface area contributed by atoms with E-state index in [2.05, 4.69) is 20.7 Å². The van der Waals surface area contributed by atoms with Crippen molar-refractivity contribution >= 4 is 48.9 Å². The van der Waals surface area contributed by atoms with Gasteiger partial charge in [0, 0.05) is 9.85 Å². The second kappa shape index (κ2) is 6.17. The van der Waals surface area contributed by atoms with Crippen LogP contribution in [0.4, 0.5) is 5.69 Å². The summed E-state index contributed by atoms with van der Waals surface area (Å²) in [6.45, 7) is 1.92. The summed E-state index contributed by atoms with van der Waals surface area (Å²) in [5.74, 6) is -1.15. The Labute approximate surface area is 134 Å². The van der Waals surface area contributed by atoms with Gasteiger partial charge in [0.05, 0.1) is 11.3 Å². The highest BCUT2D eigenvalue weighted by Gasteiger charge is 2.20. The largest absolute Gasteiger partial charge is 0.478 e. The quantitative estimate of drug-likeness (QED) is 0.818. The van der Waals surface area contributed by atoms with Gasteiger partial charge < -0.3 is 5.11 Å². The first kappa shape index (κ1) is 16.0. The van der Waals surface area contributed by atoms with E-state index in [0.29, 0.717) is 12.1 Å². The highest BCUT2D eigenvalue weighted by atomic mass is 79.9. The number of carboxylic acids is 1. The van der Waals surface area contributed by atoms with Crippen molar-refractivity contribution in [2.45, 2.75) is 17.6 Å². The Morgan fingerprint density at radius 3 is 2.67 bits per heavy atom. The molecule has 0 radical (unpaired) electrons. The van der Waals surface area contributed by atoms with E-state index in [1.54, 1.807) is 12.1 Å². The van der Waals surface area contributed by atoms with Gasteiger partial charge in [0.25, 0.3) is 10.0 Å². The van der Waals surface area contributed by atoms with Gasteiger partial charge in [0.1, 0.15) is 4.21 Å². The third kappa shape index (κ3) is 3.63. The van der Waals surface area contributed by atoms with E-state index in [4.69, 9.17) is 5.11 Å². The van der Waals surface area contributed by atoms with E-state index in [-0.39, 0.29) is 9.77 Å². The number of hydrogen-bond acceptors (Lipinski definition) is 4. The number of hydrogen-bond donors (Lipinski definition) is 2. The predicted molar refractivity (Wildman–Crippen MR) is 85.6 cm³/mol. The molecule has 1 aromatic heterocycles. The fourth-order valence-electron chi connectivity index (χ4n) is 1.72. The van der Waals surface area contributed by atoms with Crippen molar-refractivity contribution in [3.05, 3.63) is 45.2 Å². The van der Waals surface area contributed by atoms with Crippen molar-refractivity contribution in [2.24, 2.45) is 0 Å². The van der Waals surface area contributed by atoms with Gasteiger partial charge >= 0.3 is 5.97 Å². The lowest BCUT2D eigenvalue weighted by Crippen LogP contribution is -2.13. The third-order valence-corrected chi connectivity index (χ3v) is 6.08. The van der Waals surface area contributed by atoms with E-state index in [1.807, 2.05) is 13.0 Å². The Balaban J connectivity index is 2.35. The van der Waals surface area contributed by atoms with Crippen LogP contribution in [0.15, 0.2) is 38.3 Å². The second-order valence-corrected chi connectivity index (χ2v) is 7.96. The van der Waals surface area contributed by atoms with Gasteiger partial charge in [-0.25, -0.2) is 13.2 Å². The van der Waals surface area contributed by atoms with E-state index >= 15 is 0 Å². The fraction of sp³-hybridized carbons (Fsp3) is 0.154. The first-order valence-corrected chi connectivity index (χ1v) is 9.12. The molecule has 21 heavy (non-hydrogen) atoms. The van der Waals surface area contributed by atoms with E-state index in [9.17, 15) is 13.2 Å². The van der Waals surface area contributed by atoms with Gasteiger partial charge in [-0.05, 0) is 36.2 Å². The number of sulfonamides is 1. The molecule has 0 aliphatic rings. The zero-order valence-electron chi connectivity index (χ0n) is 11.0. The minimum Gasteiger partial charge on any atom is -0.478 e. The van der Waals surface area contributed by atoms with Crippen molar-refractivity contribution in [1.82, 2.24) is 0 Å². The van der Waals surface area contributed by atoms with Crippen LogP contribution in [0.3, 0.4) is 0 Å². The number of carboxylic acid groups (broad SMARTS) is 1. The number of carbonyl (C=O) groups is 1. The normalized spacial score (nSPS) is 11.3. The molecule has 1 aromatic carbocycles. The van der Waals surface area contributed by atoms with Gasteiger partial charge in [-0.3, -0.25) is 4.72 Å². The zero-order chi connectivity index (χ0) is 15.6. The summed E-state index contributed by atoms with van der Waals surface area (Å²) in [5.41, 5.74) is 1.31. The SMILES string of the molecule is CCc1cc(Br)ccc1NS(=O)(=O)c1cc(C(=O)O)cs1. The van der Waals surface area contributed by atoms with E-state index in [1.165, 1.54) is 5.38 Å². The van der Waals surface area contributed by atoms with Gasteiger partial charge in [-0.2, -0.15) is 0 Å². The number of thiophene rings is 1. The molecule has 112 valence electrons. The van der Waals surface area contributed by atoms with E-state index in [0.717, 1.165) is 27.4 Å². The van der Waals surface area contributed by atoms with Crippen LogP contribution in [0.1, 0.15) is 22.8 Å². The first-order chi connectivity index (χ1) is 9.83. The van der Waals surface area contributed by atoms with Crippen LogP contribution < -0.4 is 4.72 Å². The van der Waals surface area contributed by atoms with E-state index < -0.39 is 16.0 Å². The van der Waals surface area contributed by atoms with Crippen LogP contribution in [0, 0.1) is 0 Å². The summed E-state index contributed by atoms with van der Waals surface area (Å²) in [5, 5.41) is 10.2. The lowest BCUT2D eigenvalue weighted by atomic mass is 10.1. The standard InChI is InChI=1S/C13H12BrNO4S2/c1-2-8-5-10(14)3-4-11(8)15-21(18,19)12-6-9(7-20-12)13(16)17/h3-7,15H,2H2,1H3,(H,16,17). The molecule has 1 heterocycles. The molecule has 5 nitrogen and oxygen atoms in total. The molecule has 0 saturated carbocycles. The minimum absolute atomic E-state index is 0.0233. The van der Waals surface area contributed by atoms with Crippen LogP contribution in [0.2, 0.25) is 0 Å². The summed E-state index contributed by atoms with van der Waals surface area (Å²) >= 11 is 4.22. The Morgan fingerprint density at radius 1 is 1.38 bits per heavy atom. The Bertz CT molecular complexity index is 783. The molecule has 0 amide bonds. The number of rotatable bonds is 5. The molecule has 2 N–H and O–H groups in total. The van der Waals surface area contributed by atoms with Crippen LogP contribution >= 0.6 is 27.3 Å². The molecule has 0 atom stereocenters. The second-order valence-electron chi connectivity index (χ2n) is 4.22. The van der Waals surface area contributed by atoms with Crippen molar-refractivity contribution in [3.63, 3.8) is 0 Å². The molecular weight excluding hydrogens is 378 g/mol. The zero-order valence-corrected chi connectivity index (χ0v) is 14.2. The average Bonchev–Trinajstić information content (AvgIpc) is 2.91. The number of halogens is 1. The molecule has 0 spiro atoms. The fourth-order valence-corrected chi connectivity index (χ4v) is 4.38. The number of aryl methyl sites for hydroxylation is 1. The molecule has 0 aliphatic carbocycles. The highest BCUT2D eigenvalue weighted by Crippen LogP contribution is 2.27. The topological polar surface area (TPSA) is 83.5 Å². The van der Waals surface area contributed by atoms with Crippen molar-refractivity contribution in [3.8, 4) is 0 Å². The molecule has 0 aliphatic heterocycles. The van der Waals surface area contributed by atoms with Crippen molar-refractivity contribution < 1.29 is 18.3 Å². The lowest BCUT2D eigenvalue weighted by Gasteiger charge is -2.11. The Morgan fingerprint density at radius 2 is 2.10 bits per heavy atom.